The van der Waals surface area contributed by atoms with Crippen LogP contribution in [0, 0.1) is 0 Å². The highest BCUT2D eigenvalue weighted by molar-refractivity contribution is 9.10. The van der Waals surface area contributed by atoms with Crippen molar-refractivity contribution in [3.63, 3.8) is 0 Å². The molecule has 0 bridgehead atoms. The summed E-state index contributed by atoms with van der Waals surface area (Å²) < 4.78 is 13.1. The van der Waals surface area contributed by atoms with E-state index in [4.69, 9.17) is 14.3 Å². The Morgan fingerprint density at radius 1 is 1.05 bits per heavy atom. The zero-order valence-corrected chi connectivity index (χ0v) is 22.5. The summed E-state index contributed by atoms with van der Waals surface area (Å²) in [4.78, 5) is 19.7. The number of benzene rings is 2. The molecule has 1 aliphatic heterocycles. The van der Waals surface area contributed by atoms with Crippen molar-refractivity contribution in [1.82, 2.24) is 9.47 Å². The number of carbonyl (C=O) groups excluding carboxylic acids is 1. The number of ether oxygens (including phenoxy) is 2. The average Bonchev–Trinajstić information content (AvgIpc) is 3.05. The summed E-state index contributed by atoms with van der Waals surface area (Å²) in [5, 5.41) is 23.4. The van der Waals surface area contributed by atoms with Crippen LogP contribution < -0.4 is 9.47 Å². The fourth-order valence-corrected chi connectivity index (χ4v) is 4.63. The van der Waals surface area contributed by atoms with E-state index in [2.05, 4.69) is 36.2 Å². The summed E-state index contributed by atoms with van der Waals surface area (Å²) in [6.45, 7) is 2.10. The first-order valence-corrected chi connectivity index (χ1v) is 12.8. The van der Waals surface area contributed by atoms with E-state index >= 15 is 0 Å². The molecule has 11 heteroatoms. The predicted molar refractivity (Wildman–Crippen MR) is 144 cm³/mol. The molecule has 2 heterocycles. The maximum Gasteiger partial charge on any atom is 0.304 e. The Bertz CT molecular complexity index is 1300. The van der Waals surface area contributed by atoms with E-state index in [9.17, 15) is 9.90 Å². The van der Waals surface area contributed by atoms with Crippen LogP contribution in [-0.4, -0.2) is 60.6 Å². The molecule has 0 radical (unpaired) electrons. The normalized spacial score (nSPS) is 14.9. The Hall–Kier alpha value is -3.44. The smallest absolute Gasteiger partial charge is 0.304 e. The zero-order valence-electron chi connectivity index (χ0n) is 20.9. The highest BCUT2D eigenvalue weighted by Gasteiger charge is 2.20. The van der Waals surface area contributed by atoms with E-state index in [1.807, 2.05) is 22.8 Å². The Balaban J connectivity index is 1.44. The molecular formula is C26H30BrN5O5. The van der Waals surface area contributed by atoms with Gasteiger partial charge in [0.25, 0.3) is 0 Å². The van der Waals surface area contributed by atoms with Crippen molar-refractivity contribution < 1.29 is 24.2 Å². The average molecular weight is 572 g/mol. The third-order valence-corrected chi connectivity index (χ3v) is 6.64. The lowest BCUT2D eigenvalue weighted by Gasteiger charge is -2.21. The standard InChI is InChI=1S/C26H30BrN5O5/c1-35-22-10-7-18(13-23(22)36-2)15-28-37-16-24(33)29-30-25-20-14-19(27)8-9-21(20)32(26(25)34)17-31-11-5-3-4-6-12-31/h7-10,13-15,34H,3-6,11-12,16-17H2,1-2H3/b28-15+,30-29?. The molecule has 1 aromatic heterocycles. The third-order valence-electron chi connectivity index (χ3n) is 6.15. The van der Waals surface area contributed by atoms with Gasteiger partial charge in [0, 0.05) is 15.4 Å². The number of amides is 1. The van der Waals surface area contributed by atoms with Crippen LogP contribution in [0.4, 0.5) is 5.69 Å². The number of nitrogens with zero attached hydrogens (tertiary/aromatic N) is 5. The van der Waals surface area contributed by atoms with Crippen LogP contribution in [0.25, 0.3) is 10.9 Å². The van der Waals surface area contributed by atoms with Crippen molar-refractivity contribution in [2.24, 2.45) is 15.4 Å². The van der Waals surface area contributed by atoms with E-state index in [1.165, 1.54) is 19.1 Å². The second kappa shape index (κ2) is 12.7. The second-order valence-corrected chi connectivity index (χ2v) is 9.57. The largest absolute Gasteiger partial charge is 0.493 e. The maximum absolute atomic E-state index is 12.3. The molecule has 0 aliphatic carbocycles. The van der Waals surface area contributed by atoms with Gasteiger partial charge in [-0.15, -0.1) is 10.2 Å². The number of methoxy groups -OCH3 is 2. The Morgan fingerprint density at radius 2 is 1.81 bits per heavy atom. The first kappa shape index (κ1) is 26.6. The van der Waals surface area contributed by atoms with Gasteiger partial charge in [-0.2, -0.15) is 0 Å². The number of hydrogen-bond donors (Lipinski definition) is 1. The van der Waals surface area contributed by atoms with E-state index in [1.54, 1.807) is 32.4 Å². The molecule has 10 nitrogen and oxygen atoms in total. The quantitative estimate of drug-likeness (QED) is 0.203. The van der Waals surface area contributed by atoms with Crippen LogP contribution in [0.1, 0.15) is 31.2 Å². The minimum atomic E-state index is -0.632. The number of aromatic nitrogens is 1. The van der Waals surface area contributed by atoms with Crippen LogP contribution in [0.3, 0.4) is 0 Å². The molecule has 4 rings (SSSR count). The second-order valence-electron chi connectivity index (χ2n) is 8.65. The molecule has 3 aromatic rings. The topological polar surface area (TPSA) is 110 Å². The zero-order chi connectivity index (χ0) is 26.2. The van der Waals surface area contributed by atoms with Crippen LogP contribution in [-0.2, 0) is 16.3 Å². The number of oxime groups is 1. The van der Waals surface area contributed by atoms with Gasteiger partial charge in [0.05, 0.1) is 32.6 Å². The highest BCUT2D eigenvalue weighted by atomic mass is 79.9. The van der Waals surface area contributed by atoms with Gasteiger partial charge in [0.1, 0.15) is 0 Å². The van der Waals surface area contributed by atoms with Gasteiger partial charge in [0.15, 0.2) is 23.8 Å². The number of aromatic hydroxyl groups is 1. The van der Waals surface area contributed by atoms with E-state index < -0.39 is 12.5 Å². The fourth-order valence-electron chi connectivity index (χ4n) is 4.27. The summed E-state index contributed by atoms with van der Waals surface area (Å²) >= 11 is 3.48. The Labute approximate surface area is 223 Å². The molecule has 1 saturated heterocycles. The molecule has 0 saturated carbocycles. The van der Waals surface area contributed by atoms with Gasteiger partial charge >= 0.3 is 5.91 Å². The monoisotopic (exact) mass is 571 g/mol. The molecule has 0 unspecified atom stereocenters. The minimum Gasteiger partial charge on any atom is -0.493 e. The number of azo groups is 1. The number of likely N-dealkylation sites (tertiary alicyclic amines) is 1. The van der Waals surface area contributed by atoms with E-state index in [0.717, 1.165) is 35.9 Å². The van der Waals surface area contributed by atoms with Crippen molar-refractivity contribution >= 4 is 44.6 Å². The lowest BCUT2D eigenvalue weighted by atomic mass is 10.2. The fraction of sp³-hybridized carbons (Fsp3) is 0.385. The number of hydrogen-bond acceptors (Lipinski definition) is 8. The van der Waals surface area contributed by atoms with Crippen molar-refractivity contribution in [2.75, 3.05) is 33.9 Å². The summed E-state index contributed by atoms with van der Waals surface area (Å²) in [5.41, 5.74) is 1.77. The molecule has 196 valence electrons. The van der Waals surface area contributed by atoms with Crippen molar-refractivity contribution in [1.29, 1.82) is 0 Å². The molecular weight excluding hydrogens is 542 g/mol. The van der Waals surface area contributed by atoms with Crippen LogP contribution in [0.2, 0.25) is 0 Å². The Morgan fingerprint density at radius 3 is 2.54 bits per heavy atom. The summed E-state index contributed by atoms with van der Waals surface area (Å²) in [5.74, 6) is 0.491. The molecule has 37 heavy (non-hydrogen) atoms. The summed E-state index contributed by atoms with van der Waals surface area (Å²) in [6, 6.07) is 10.9. The summed E-state index contributed by atoms with van der Waals surface area (Å²) in [6.07, 6.45) is 6.18. The number of rotatable bonds is 9. The lowest BCUT2D eigenvalue weighted by Crippen LogP contribution is -2.27. The number of carbonyl (C=O) groups is 1. The van der Waals surface area contributed by atoms with Gasteiger partial charge in [-0.25, -0.2) is 0 Å². The number of halogens is 1. The SMILES string of the molecule is COc1ccc(/C=N/OCC(=O)N=Nc2c(O)n(CN3CCCCCC3)c3ccc(Br)cc23)cc1OC. The molecule has 0 spiro atoms. The van der Waals surface area contributed by atoms with Gasteiger partial charge < -0.3 is 19.4 Å². The summed E-state index contributed by atoms with van der Waals surface area (Å²) in [7, 11) is 3.10. The van der Waals surface area contributed by atoms with Gasteiger partial charge in [-0.3, -0.25) is 14.3 Å². The number of fused-ring (bicyclic) bond motifs is 1. The van der Waals surface area contributed by atoms with Gasteiger partial charge in [-0.05, 0) is 62.3 Å². The Kier molecular flexibility index (Phi) is 9.13. The maximum atomic E-state index is 12.3. The molecule has 2 aromatic carbocycles. The van der Waals surface area contributed by atoms with Crippen molar-refractivity contribution in [3.8, 4) is 17.4 Å². The van der Waals surface area contributed by atoms with Crippen molar-refractivity contribution in [3.05, 3.63) is 46.4 Å². The lowest BCUT2D eigenvalue weighted by molar-refractivity contribution is -0.122. The molecule has 1 N–H and O–H groups in total. The third kappa shape index (κ3) is 6.66. The van der Waals surface area contributed by atoms with E-state index in [0.29, 0.717) is 29.1 Å². The van der Waals surface area contributed by atoms with Crippen LogP contribution in [0.15, 0.2) is 56.3 Å². The van der Waals surface area contributed by atoms with E-state index in [-0.39, 0.29) is 11.6 Å². The highest BCUT2D eigenvalue weighted by Crippen LogP contribution is 2.40. The molecule has 1 aliphatic rings. The molecule has 1 amide bonds. The van der Waals surface area contributed by atoms with Crippen LogP contribution in [0.5, 0.6) is 17.4 Å². The molecule has 0 atom stereocenters. The van der Waals surface area contributed by atoms with Gasteiger partial charge in [-0.1, -0.05) is 33.9 Å². The van der Waals surface area contributed by atoms with Crippen molar-refractivity contribution in [2.45, 2.75) is 32.4 Å². The van der Waals surface area contributed by atoms with Crippen LogP contribution >= 0.6 is 15.9 Å². The van der Waals surface area contributed by atoms with Gasteiger partial charge in [0.2, 0.25) is 5.88 Å². The predicted octanol–water partition coefficient (Wildman–Crippen LogP) is 5.62. The molecule has 1 fully saturated rings. The first-order chi connectivity index (χ1) is 18.0. The first-order valence-electron chi connectivity index (χ1n) is 12.0. The minimum absolute atomic E-state index is 0.0266.